The van der Waals surface area contributed by atoms with Gasteiger partial charge in [-0.3, -0.25) is 0 Å². The van der Waals surface area contributed by atoms with Crippen molar-refractivity contribution in [3.8, 4) is 0 Å². The summed E-state index contributed by atoms with van der Waals surface area (Å²) < 4.78 is 20.1. The Morgan fingerprint density at radius 3 is 2.63 bits per heavy atom. The standard InChI is InChI=1S/C15H11Br2FO/c16-12-3-4-13(14(18)6-12)15(17)9-1-2-10-7-19-8-11(10)5-9/h1-6,15H,7-8H2. The van der Waals surface area contributed by atoms with Crippen LogP contribution in [0.2, 0.25) is 0 Å². The molecular formula is C15H11Br2FO. The molecule has 3 rings (SSSR count). The lowest BCUT2D eigenvalue weighted by molar-refractivity contribution is 0.134. The highest BCUT2D eigenvalue weighted by Crippen LogP contribution is 2.35. The van der Waals surface area contributed by atoms with Crippen molar-refractivity contribution in [3.05, 3.63) is 68.9 Å². The van der Waals surface area contributed by atoms with E-state index in [0.717, 1.165) is 10.0 Å². The molecule has 2 aromatic carbocycles. The predicted molar refractivity (Wildman–Crippen MR) is 79.8 cm³/mol. The first-order valence-corrected chi connectivity index (χ1v) is 7.64. The Kier molecular flexibility index (Phi) is 3.74. The van der Waals surface area contributed by atoms with E-state index in [2.05, 4.69) is 44.0 Å². The number of halogens is 3. The third kappa shape index (κ3) is 2.62. The summed E-state index contributed by atoms with van der Waals surface area (Å²) in [7, 11) is 0. The van der Waals surface area contributed by atoms with Crippen LogP contribution in [0.25, 0.3) is 0 Å². The molecule has 0 aliphatic carbocycles. The fourth-order valence-electron chi connectivity index (χ4n) is 2.24. The van der Waals surface area contributed by atoms with E-state index < -0.39 is 0 Å². The molecule has 0 N–H and O–H groups in total. The molecule has 0 saturated carbocycles. The van der Waals surface area contributed by atoms with Crippen LogP contribution in [0.15, 0.2) is 40.9 Å². The summed E-state index contributed by atoms with van der Waals surface area (Å²) in [5, 5.41) is 0. The minimum atomic E-state index is -0.215. The first-order valence-electron chi connectivity index (χ1n) is 5.93. The van der Waals surface area contributed by atoms with E-state index in [0.29, 0.717) is 18.8 Å². The van der Waals surface area contributed by atoms with E-state index in [1.165, 1.54) is 17.2 Å². The van der Waals surface area contributed by atoms with Gasteiger partial charge in [0.1, 0.15) is 5.82 Å². The molecule has 1 atom stereocenters. The second-order valence-corrected chi connectivity index (χ2v) is 6.38. The van der Waals surface area contributed by atoms with Crippen LogP contribution in [-0.4, -0.2) is 0 Å². The van der Waals surface area contributed by atoms with Crippen LogP contribution >= 0.6 is 31.9 Å². The highest BCUT2D eigenvalue weighted by molar-refractivity contribution is 9.10. The minimum Gasteiger partial charge on any atom is -0.372 e. The molecule has 1 heterocycles. The van der Waals surface area contributed by atoms with E-state index in [9.17, 15) is 4.39 Å². The number of benzene rings is 2. The second kappa shape index (κ2) is 5.35. The number of ether oxygens (including phenoxy) is 1. The van der Waals surface area contributed by atoms with Crippen molar-refractivity contribution in [2.24, 2.45) is 0 Å². The smallest absolute Gasteiger partial charge is 0.129 e. The highest BCUT2D eigenvalue weighted by Gasteiger charge is 2.18. The molecular weight excluding hydrogens is 375 g/mol. The molecule has 2 aromatic rings. The lowest BCUT2D eigenvalue weighted by Crippen LogP contribution is -1.98. The van der Waals surface area contributed by atoms with Gasteiger partial charge in [0.2, 0.25) is 0 Å². The maximum absolute atomic E-state index is 14.0. The van der Waals surface area contributed by atoms with Crippen molar-refractivity contribution in [2.45, 2.75) is 18.0 Å². The molecule has 98 valence electrons. The summed E-state index contributed by atoms with van der Waals surface area (Å²) in [6.45, 7) is 1.32. The summed E-state index contributed by atoms with van der Waals surface area (Å²) in [5.41, 5.74) is 4.10. The third-order valence-corrected chi connectivity index (χ3v) is 4.79. The van der Waals surface area contributed by atoms with Gasteiger partial charge in [0.25, 0.3) is 0 Å². The largest absolute Gasteiger partial charge is 0.372 e. The zero-order valence-electron chi connectivity index (χ0n) is 10.00. The molecule has 0 fully saturated rings. The van der Waals surface area contributed by atoms with Crippen LogP contribution in [0, 0.1) is 5.82 Å². The average molecular weight is 386 g/mol. The zero-order valence-corrected chi connectivity index (χ0v) is 13.2. The Hall–Kier alpha value is -0.710. The van der Waals surface area contributed by atoms with Crippen molar-refractivity contribution >= 4 is 31.9 Å². The topological polar surface area (TPSA) is 9.23 Å². The fraction of sp³-hybridized carbons (Fsp3) is 0.200. The molecule has 0 aromatic heterocycles. The van der Waals surface area contributed by atoms with Crippen molar-refractivity contribution in [3.63, 3.8) is 0 Å². The SMILES string of the molecule is Fc1cc(Br)ccc1C(Br)c1ccc2c(c1)COC2. The normalized spacial score (nSPS) is 15.3. The maximum atomic E-state index is 14.0. The van der Waals surface area contributed by atoms with Gasteiger partial charge in [-0.25, -0.2) is 4.39 Å². The van der Waals surface area contributed by atoms with Crippen molar-refractivity contribution in [1.82, 2.24) is 0 Å². The highest BCUT2D eigenvalue weighted by atomic mass is 79.9. The molecule has 19 heavy (non-hydrogen) atoms. The van der Waals surface area contributed by atoms with Crippen molar-refractivity contribution < 1.29 is 9.13 Å². The van der Waals surface area contributed by atoms with Gasteiger partial charge in [-0.1, -0.05) is 56.1 Å². The molecule has 0 radical (unpaired) electrons. The summed E-state index contributed by atoms with van der Waals surface area (Å²) in [6, 6.07) is 11.3. The summed E-state index contributed by atoms with van der Waals surface area (Å²) in [4.78, 5) is -0.147. The number of alkyl halides is 1. The Bertz CT molecular complexity index is 628. The van der Waals surface area contributed by atoms with Crippen molar-refractivity contribution in [1.29, 1.82) is 0 Å². The van der Waals surface area contributed by atoms with Gasteiger partial charge in [0.15, 0.2) is 0 Å². The molecule has 1 aliphatic heterocycles. The lowest BCUT2D eigenvalue weighted by Gasteiger charge is -2.13. The summed E-state index contributed by atoms with van der Waals surface area (Å²) >= 11 is 6.85. The molecule has 4 heteroatoms. The van der Waals surface area contributed by atoms with Gasteiger partial charge in [-0.2, -0.15) is 0 Å². The summed E-state index contributed by atoms with van der Waals surface area (Å²) in [5.74, 6) is -0.215. The monoisotopic (exact) mass is 384 g/mol. The van der Waals surface area contributed by atoms with Crippen LogP contribution in [-0.2, 0) is 18.0 Å². The Morgan fingerprint density at radius 1 is 1.05 bits per heavy atom. The number of fused-ring (bicyclic) bond motifs is 1. The molecule has 0 amide bonds. The summed E-state index contributed by atoms with van der Waals surface area (Å²) in [6.07, 6.45) is 0. The molecule has 1 unspecified atom stereocenters. The van der Waals surface area contributed by atoms with Gasteiger partial charge in [-0.15, -0.1) is 0 Å². The third-order valence-electron chi connectivity index (χ3n) is 3.27. The Balaban J connectivity index is 1.97. The van der Waals surface area contributed by atoms with E-state index in [1.54, 1.807) is 6.07 Å². The van der Waals surface area contributed by atoms with E-state index in [4.69, 9.17) is 4.74 Å². The van der Waals surface area contributed by atoms with E-state index in [1.807, 2.05) is 12.1 Å². The van der Waals surface area contributed by atoms with Crippen LogP contribution in [0.4, 0.5) is 4.39 Å². The number of hydrogen-bond donors (Lipinski definition) is 0. The fourth-order valence-corrected chi connectivity index (χ4v) is 3.23. The van der Waals surface area contributed by atoms with Gasteiger partial charge >= 0.3 is 0 Å². The van der Waals surface area contributed by atoms with Crippen molar-refractivity contribution in [2.75, 3.05) is 0 Å². The Labute approximate surface area is 128 Å². The van der Waals surface area contributed by atoms with Crippen LogP contribution in [0.3, 0.4) is 0 Å². The van der Waals surface area contributed by atoms with Crippen LogP contribution in [0.1, 0.15) is 27.1 Å². The first kappa shape index (κ1) is 13.3. The molecule has 0 saturated heterocycles. The molecule has 1 nitrogen and oxygen atoms in total. The van der Waals surface area contributed by atoms with E-state index >= 15 is 0 Å². The number of hydrogen-bond acceptors (Lipinski definition) is 1. The average Bonchev–Trinajstić information content (AvgIpc) is 2.85. The van der Waals surface area contributed by atoms with Crippen LogP contribution in [0.5, 0.6) is 0 Å². The van der Waals surface area contributed by atoms with Gasteiger partial charge in [0.05, 0.1) is 18.0 Å². The lowest BCUT2D eigenvalue weighted by atomic mass is 10.00. The van der Waals surface area contributed by atoms with Gasteiger partial charge in [-0.05, 0) is 28.8 Å². The van der Waals surface area contributed by atoms with Gasteiger partial charge < -0.3 is 4.74 Å². The Morgan fingerprint density at radius 2 is 1.84 bits per heavy atom. The van der Waals surface area contributed by atoms with Crippen LogP contribution < -0.4 is 0 Å². The first-order chi connectivity index (χ1) is 9.15. The van der Waals surface area contributed by atoms with Gasteiger partial charge in [0, 0.05) is 10.0 Å². The number of rotatable bonds is 2. The van der Waals surface area contributed by atoms with E-state index in [-0.39, 0.29) is 10.6 Å². The molecule has 1 aliphatic rings. The maximum Gasteiger partial charge on any atom is 0.129 e. The second-order valence-electron chi connectivity index (χ2n) is 4.55. The zero-order chi connectivity index (χ0) is 13.4. The predicted octanol–water partition coefficient (Wildman–Crippen LogP) is 5.10. The quantitative estimate of drug-likeness (QED) is 0.653. The molecule has 0 spiro atoms. The molecule has 0 bridgehead atoms. The minimum absolute atomic E-state index is 0.147.